The van der Waals surface area contributed by atoms with E-state index in [-0.39, 0.29) is 36.1 Å². The van der Waals surface area contributed by atoms with Crippen molar-refractivity contribution in [1.82, 2.24) is 14.7 Å². The largest absolute Gasteiger partial charge is 1.00 e. The van der Waals surface area contributed by atoms with Crippen LogP contribution in [0.2, 0.25) is 0 Å². The van der Waals surface area contributed by atoms with Gasteiger partial charge in [-0.05, 0) is 68.1 Å². The molecule has 0 radical (unpaired) electrons. The molecule has 0 saturated carbocycles. The van der Waals surface area contributed by atoms with Gasteiger partial charge in [-0.1, -0.05) is 30.3 Å². The Hall–Kier alpha value is -3.11. The molecule has 194 valence electrons. The summed E-state index contributed by atoms with van der Waals surface area (Å²) in [5.74, 6) is -0.290. The Kier molecular flexibility index (Phi) is 10.2. The maximum atomic E-state index is 11.6. The van der Waals surface area contributed by atoms with E-state index in [4.69, 9.17) is 9.26 Å². The van der Waals surface area contributed by atoms with Crippen molar-refractivity contribution in [2.24, 2.45) is 0 Å². The molecule has 2 aromatic heterocycles. The molecular formula is C28H31N4NaO5. The zero-order chi connectivity index (χ0) is 26.5. The number of nitrogens with one attached hydrogen (secondary N) is 1. The van der Waals surface area contributed by atoms with Crippen LogP contribution in [0.25, 0.3) is 11.1 Å². The first-order valence-corrected chi connectivity index (χ1v) is 12.2. The van der Waals surface area contributed by atoms with Gasteiger partial charge in [-0.25, -0.2) is 9.78 Å². The zero-order valence-corrected chi connectivity index (χ0v) is 24.4. The van der Waals surface area contributed by atoms with Crippen LogP contribution < -0.4 is 56.0 Å². The molecule has 2 aromatic carbocycles. The smallest absolute Gasteiger partial charge is 0.477 e. The maximum Gasteiger partial charge on any atom is 1.00 e. The van der Waals surface area contributed by atoms with Crippen molar-refractivity contribution in [2.45, 2.75) is 53.3 Å². The van der Waals surface area contributed by atoms with Crippen LogP contribution in [-0.4, -0.2) is 27.5 Å². The fraction of sp³-hybridized carbons (Fsp3) is 0.321. The zero-order valence-electron chi connectivity index (χ0n) is 22.4. The predicted octanol–water partition coefficient (Wildman–Crippen LogP) is 0.560. The third-order valence-corrected chi connectivity index (χ3v) is 6.22. The molecule has 2 N–H and O–H groups in total. The number of aromatic nitrogens is 3. The molecule has 0 fully saturated rings. The van der Waals surface area contributed by atoms with Crippen LogP contribution in [-0.2, 0) is 13.1 Å². The van der Waals surface area contributed by atoms with Crippen molar-refractivity contribution in [3.63, 3.8) is 0 Å². The number of aryl methyl sites for hydroxylation is 2. The summed E-state index contributed by atoms with van der Waals surface area (Å²) >= 11 is 0. The Morgan fingerprint density at radius 2 is 1.84 bits per heavy atom. The third kappa shape index (κ3) is 7.26. The molecular weight excluding hydrogens is 495 g/mol. The van der Waals surface area contributed by atoms with E-state index in [1.807, 2.05) is 44.2 Å². The number of anilines is 1. The van der Waals surface area contributed by atoms with E-state index in [1.54, 1.807) is 6.92 Å². The Balaban J connectivity index is 0.00000400. The van der Waals surface area contributed by atoms with Crippen LogP contribution in [0.5, 0.6) is 5.88 Å². The molecule has 38 heavy (non-hydrogen) atoms. The number of aliphatic hydroxyl groups excluding tert-OH is 1. The number of benzene rings is 2. The van der Waals surface area contributed by atoms with Crippen LogP contribution >= 0.6 is 0 Å². The Bertz CT molecular complexity index is 1490. The first kappa shape index (κ1) is 29.4. The molecule has 10 heteroatoms. The van der Waals surface area contributed by atoms with Gasteiger partial charge in [0.25, 0.3) is 0 Å². The molecule has 4 aromatic rings. The average molecular weight is 527 g/mol. The second kappa shape index (κ2) is 13.1. The van der Waals surface area contributed by atoms with Crippen molar-refractivity contribution in [1.29, 1.82) is 0 Å². The van der Waals surface area contributed by atoms with Gasteiger partial charge in [0.05, 0.1) is 12.7 Å². The van der Waals surface area contributed by atoms with E-state index in [9.17, 15) is 14.7 Å². The summed E-state index contributed by atoms with van der Waals surface area (Å²) in [5, 5.41) is 12.9. The molecule has 0 amide bonds. The topological polar surface area (TPSA) is 121 Å². The second-order valence-corrected chi connectivity index (χ2v) is 9.16. The van der Waals surface area contributed by atoms with Crippen molar-refractivity contribution < 1.29 is 43.9 Å². The number of ether oxygens (including phenoxy) is 1. The molecule has 0 spiro atoms. The summed E-state index contributed by atoms with van der Waals surface area (Å²) in [5.41, 5.74) is 7.39. The fourth-order valence-electron chi connectivity index (χ4n) is 4.07. The van der Waals surface area contributed by atoms with Crippen molar-refractivity contribution >= 4 is 5.69 Å². The quantitative estimate of drug-likeness (QED) is 0.288. The number of hydrogen-bond acceptors (Lipinski definition) is 7. The van der Waals surface area contributed by atoms with Crippen LogP contribution in [0.4, 0.5) is 5.69 Å². The third-order valence-electron chi connectivity index (χ3n) is 6.22. The Morgan fingerprint density at radius 1 is 1.11 bits per heavy atom. The fourth-order valence-corrected chi connectivity index (χ4v) is 4.07. The molecule has 9 nitrogen and oxygen atoms in total. The number of rotatable bonds is 10. The van der Waals surface area contributed by atoms with Gasteiger partial charge in [0.1, 0.15) is 0 Å². The second-order valence-electron chi connectivity index (χ2n) is 9.16. The van der Waals surface area contributed by atoms with Crippen LogP contribution in [0.3, 0.4) is 0 Å². The molecule has 0 aliphatic rings. The number of nitrogens with zero attached hydrogens (tertiary/aromatic N) is 3. The van der Waals surface area contributed by atoms with Crippen LogP contribution in [0.15, 0.2) is 62.6 Å². The summed E-state index contributed by atoms with van der Waals surface area (Å²) in [7, 11) is 0. The van der Waals surface area contributed by atoms with Gasteiger partial charge in [0.15, 0.2) is 5.69 Å². The van der Waals surface area contributed by atoms with Gasteiger partial charge in [-0.15, -0.1) is 0 Å². The van der Waals surface area contributed by atoms with Gasteiger partial charge in [0.2, 0.25) is 5.88 Å². The Labute approximate surface area is 243 Å². The number of aliphatic hydroxyl groups is 1. The molecule has 0 unspecified atom stereocenters. The minimum Gasteiger partial charge on any atom is -0.477 e. The number of hydrogen-bond donors (Lipinski definition) is 2. The van der Waals surface area contributed by atoms with Gasteiger partial charge < -0.3 is 24.7 Å². The molecule has 2 heterocycles. The van der Waals surface area contributed by atoms with E-state index >= 15 is 0 Å². The minimum absolute atomic E-state index is 0. The van der Waals surface area contributed by atoms with Gasteiger partial charge in [0, 0.05) is 42.0 Å². The maximum absolute atomic E-state index is 11.6. The van der Waals surface area contributed by atoms with E-state index < -0.39 is 17.5 Å². The standard InChI is InChI=1S/C28H32N4O5.Na/c1-17-14-25(20(4)30-26(17)36-13-12-18(2)33)24-7-5-6-22(19(24)3)15-29-23-10-8-21(9-11-23)16-32-27(34)31-28(35)37-32;/h5-11,14,18,29,33H,12-13,15-16H2,1-4H3,(H,31,34,35);/q;+1/p-1/t18-;/m1./s1. The van der Waals surface area contributed by atoms with Gasteiger partial charge in [-0.3, -0.25) is 9.53 Å². The SMILES string of the molecule is Cc1cc(-c2cccc(CNc3ccc(Cn4oc(=O)[n-]c4=O)cc3)c2C)c(C)nc1OCC[C@@H](C)O.[Na+]. The summed E-state index contributed by atoms with van der Waals surface area (Å²) < 4.78 is 11.5. The van der Waals surface area contributed by atoms with E-state index in [0.29, 0.717) is 25.5 Å². The molecule has 4 rings (SSSR count). The molecule has 1 atom stereocenters. The van der Waals surface area contributed by atoms with Crippen LogP contribution in [0, 0.1) is 20.8 Å². The van der Waals surface area contributed by atoms with E-state index in [2.05, 4.69) is 40.4 Å². The van der Waals surface area contributed by atoms with Crippen molar-refractivity contribution in [3.05, 3.63) is 97.5 Å². The molecule has 0 aliphatic heterocycles. The molecule has 0 saturated heterocycles. The molecule has 0 aliphatic carbocycles. The average Bonchev–Trinajstić information content (AvgIpc) is 3.17. The van der Waals surface area contributed by atoms with E-state index in [0.717, 1.165) is 49.5 Å². The monoisotopic (exact) mass is 526 g/mol. The summed E-state index contributed by atoms with van der Waals surface area (Å²) in [6, 6.07) is 15.9. The van der Waals surface area contributed by atoms with Gasteiger partial charge >= 0.3 is 35.3 Å². The first-order chi connectivity index (χ1) is 17.7. The Morgan fingerprint density at radius 3 is 2.50 bits per heavy atom. The first-order valence-electron chi connectivity index (χ1n) is 12.2. The van der Waals surface area contributed by atoms with Crippen molar-refractivity contribution in [2.75, 3.05) is 11.9 Å². The minimum atomic E-state index is -0.890. The van der Waals surface area contributed by atoms with Gasteiger partial charge in [-0.2, -0.15) is 0 Å². The summed E-state index contributed by atoms with van der Waals surface area (Å²) in [6.45, 7) is 9.01. The van der Waals surface area contributed by atoms with E-state index in [1.165, 1.54) is 0 Å². The number of pyridine rings is 1. The molecule has 0 bridgehead atoms. The predicted molar refractivity (Wildman–Crippen MR) is 141 cm³/mol. The normalized spacial score (nSPS) is 11.6. The summed E-state index contributed by atoms with van der Waals surface area (Å²) in [6.07, 6.45) is 0.152. The van der Waals surface area contributed by atoms with Crippen LogP contribution in [0.1, 0.15) is 41.3 Å². The summed E-state index contributed by atoms with van der Waals surface area (Å²) in [4.78, 5) is 30.6. The van der Waals surface area contributed by atoms with Crippen molar-refractivity contribution in [3.8, 4) is 17.0 Å².